The van der Waals surface area contributed by atoms with Gasteiger partial charge in [0.15, 0.2) is 0 Å². The van der Waals surface area contributed by atoms with Gasteiger partial charge in [-0.2, -0.15) is 4.98 Å². The third-order valence-corrected chi connectivity index (χ3v) is 3.41. The van der Waals surface area contributed by atoms with E-state index in [-0.39, 0.29) is 6.01 Å². The molecule has 86 valence electrons. The van der Waals surface area contributed by atoms with Gasteiger partial charge in [0.1, 0.15) is 12.0 Å². The molecule has 4 nitrogen and oxygen atoms in total. The highest BCUT2D eigenvalue weighted by molar-refractivity contribution is 7.98. The normalized spacial score (nSPS) is 11.1. The first kappa shape index (κ1) is 10.3. The molecule has 17 heavy (non-hydrogen) atoms. The second kappa shape index (κ2) is 3.85. The molecular weight excluding hydrogens is 234 g/mol. The molecule has 0 unspecified atom stereocenters. The van der Waals surface area contributed by atoms with Crippen molar-refractivity contribution in [3.05, 3.63) is 30.7 Å². The average molecular weight is 245 g/mol. The molecule has 3 aromatic rings. The molecule has 0 radical (unpaired) electrons. The van der Waals surface area contributed by atoms with Crippen molar-refractivity contribution in [1.82, 2.24) is 9.97 Å². The summed E-state index contributed by atoms with van der Waals surface area (Å²) in [5.74, 6) is 0. The SMILES string of the molecule is CSc1ccc2c(-c3coc(N)n3)c[nH]c2c1. The lowest BCUT2D eigenvalue weighted by Crippen LogP contribution is -1.82. The summed E-state index contributed by atoms with van der Waals surface area (Å²) in [5, 5.41) is 1.12. The predicted molar refractivity (Wildman–Crippen MR) is 70.0 cm³/mol. The molecule has 3 rings (SSSR count). The number of benzene rings is 1. The quantitative estimate of drug-likeness (QED) is 0.681. The van der Waals surface area contributed by atoms with Gasteiger partial charge in [0.2, 0.25) is 0 Å². The molecule has 5 heteroatoms. The van der Waals surface area contributed by atoms with Crippen LogP contribution < -0.4 is 5.73 Å². The summed E-state index contributed by atoms with van der Waals surface area (Å²) in [5.41, 5.74) is 8.34. The van der Waals surface area contributed by atoms with Crippen LogP contribution in [0.15, 0.2) is 40.0 Å². The lowest BCUT2D eigenvalue weighted by molar-refractivity contribution is 0.581. The summed E-state index contributed by atoms with van der Waals surface area (Å²) < 4.78 is 5.03. The van der Waals surface area contributed by atoms with Crippen LogP contribution in [0.3, 0.4) is 0 Å². The van der Waals surface area contributed by atoms with E-state index in [1.165, 1.54) is 4.90 Å². The van der Waals surface area contributed by atoms with Crippen LogP contribution in [0.4, 0.5) is 6.01 Å². The van der Waals surface area contributed by atoms with E-state index in [1.807, 2.05) is 6.20 Å². The number of rotatable bonds is 2. The zero-order valence-electron chi connectivity index (χ0n) is 9.23. The van der Waals surface area contributed by atoms with Crippen molar-refractivity contribution in [2.24, 2.45) is 0 Å². The van der Waals surface area contributed by atoms with Crippen molar-refractivity contribution in [3.8, 4) is 11.3 Å². The largest absolute Gasteiger partial charge is 0.432 e. The van der Waals surface area contributed by atoms with E-state index >= 15 is 0 Å². The summed E-state index contributed by atoms with van der Waals surface area (Å²) in [6.45, 7) is 0. The maximum absolute atomic E-state index is 5.48. The summed E-state index contributed by atoms with van der Waals surface area (Å²) in [7, 11) is 0. The van der Waals surface area contributed by atoms with E-state index in [4.69, 9.17) is 10.2 Å². The first-order chi connectivity index (χ1) is 8.28. The topological polar surface area (TPSA) is 67.8 Å². The molecule has 3 N–H and O–H groups in total. The number of aromatic nitrogens is 2. The number of nitrogens with zero attached hydrogens (tertiary/aromatic N) is 1. The number of nitrogens with one attached hydrogen (secondary N) is 1. The van der Waals surface area contributed by atoms with E-state index in [2.05, 4.69) is 34.4 Å². The van der Waals surface area contributed by atoms with E-state index in [0.29, 0.717) is 0 Å². The Kier molecular flexibility index (Phi) is 2.33. The minimum Gasteiger partial charge on any atom is -0.432 e. The Morgan fingerprint density at radius 3 is 3.00 bits per heavy atom. The van der Waals surface area contributed by atoms with E-state index in [9.17, 15) is 0 Å². The first-order valence-corrected chi connectivity index (χ1v) is 6.37. The molecule has 0 saturated heterocycles. The summed E-state index contributed by atoms with van der Waals surface area (Å²) in [4.78, 5) is 8.59. The van der Waals surface area contributed by atoms with Gasteiger partial charge in [0.05, 0.1) is 0 Å². The smallest absolute Gasteiger partial charge is 0.292 e. The van der Waals surface area contributed by atoms with Crippen molar-refractivity contribution in [1.29, 1.82) is 0 Å². The van der Waals surface area contributed by atoms with E-state index in [0.717, 1.165) is 22.2 Å². The average Bonchev–Trinajstić information content (AvgIpc) is 2.93. The minimum atomic E-state index is 0.190. The van der Waals surface area contributed by atoms with Crippen molar-refractivity contribution >= 4 is 28.7 Å². The highest BCUT2D eigenvalue weighted by atomic mass is 32.2. The molecule has 0 spiro atoms. The molecule has 0 aliphatic carbocycles. The van der Waals surface area contributed by atoms with Gasteiger partial charge >= 0.3 is 0 Å². The second-order valence-corrected chi connectivity index (χ2v) is 4.56. The number of fused-ring (bicyclic) bond motifs is 1. The molecule has 2 aromatic heterocycles. The monoisotopic (exact) mass is 245 g/mol. The molecule has 0 fully saturated rings. The number of thioether (sulfide) groups is 1. The van der Waals surface area contributed by atoms with Gasteiger partial charge in [-0.3, -0.25) is 0 Å². The summed E-state index contributed by atoms with van der Waals surface area (Å²) in [6, 6.07) is 6.48. The fourth-order valence-electron chi connectivity index (χ4n) is 1.86. The van der Waals surface area contributed by atoms with Crippen LogP contribution in [0.1, 0.15) is 0 Å². The molecule has 0 saturated carbocycles. The number of aromatic amines is 1. The van der Waals surface area contributed by atoms with E-state index in [1.54, 1.807) is 18.0 Å². The van der Waals surface area contributed by atoms with Crippen molar-refractivity contribution in [2.45, 2.75) is 4.90 Å². The number of anilines is 1. The Morgan fingerprint density at radius 2 is 2.29 bits per heavy atom. The number of hydrogen-bond acceptors (Lipinski definition) is 4. The van der Waals surface area contributed by atoms with Crippen molar-refractivity contribution in [2.75, 3.05) is 12.0 Å². The Hall–Kier alpha value is -1.88. The number of H-pyrrole nitrogens is 1. The summed E-state index contributed by atoms with van der Waals surface area (Å²) in [6.07, 6.45) is 5.55. The van der Waals surface area contributed by atoms with Crippen LogP contribution in [-0.2, 0) is 0 Å². The standard InChI is InChI=1S/C12H11N3OS/c1-17-7-2-3-8-9(5-14-10(8)4-7)11-6-16-12(13)15-11/h2-6,14H,1H3,(H2,13,15). The van der Waals surface area contributed by atoms with Crippen LogP contribution in [0.5, 0.6) is 0 Å². The maximum Gasteiger partial charge on any atom is 0.292 e. The van der Waals surface area contributed by atoms with Crippen LogP contribution in [-0.4, -0.2) is 16.2 Å². The molecule has 0 atom stereocenters. The number of nitrogen functional groups attached to an aromatic ring is 1. The maximum atomic E-state index is 5.48. The van der Waals surface area contributed by atoms with Crippen LogP contribution >= 0.6 is 11.8 Å². The fraction of sp³-hybridized carbons (Fsp3) is 0.0833. The Bertz CT molecular complexity index is 671. The van der Waals surface area contributed by atoms with Gasteiger partial charge in [-0.1, -0.05) is 6.07 Å². The van der Waals surface area contributed by atoms with Crippen LogP contribution in [0.2, 0.25) is 0 Å². The fourth-order valence-corrected chi connectivity index (χ4v) is 2.30. The highest BCUT2D eigenvalue weighted by Crippen LogP contribution is 2.30. The zero-order valence-corrected chi connectivity index (χ0v) is 10.0. The first-order valence-electron chi connectivity index (χ1n) is 5.14. The minimum absolute atomic E-state index is 0.190. The third kappa shape index (κ3) is 1.68. The predicted octanol–water partition coefficient (Wildman–Crippen LogP) is 3.13. The Balaban J connectivity index is 2.18. The number of hydrogen-bond donors (Lipinski definition) is 2. The Labute approximate surface area is 102 Å². The number of nitrogens with two attached hydrogens (primary N) is 1. The molecule has 0 aliphatic rings. The molecule has 2 heterocycles. The zero-order chi connectivity index (χ0) is 11.8. The van der Waals surface area contributed by atoms with Gasteiger partial charge in [-0.05, 0) is 18.4 Å². The van der Waals surface area contributed by atoms with E-state index < -0.39 is 0 Å². The van der Waals surface area contributed by atoms with Gasteiger partial charge in [-0.25, -0.2) is 0 Å². The Morgan fingerprint density at radius 1 is 1.41 bits per heavy atom. The van der Waals surface area contributed by atoms with Crippen LogP contribution in [0.25, 0.3) is 22.2 Å². The van der Waals surface area contributed by atoms with Crippen molar-refractivity contribution in [3.63, 3.8) is 0 Å². The molecule has 0 aliphatic heterocycles. The lowest BCUT2D eigenvalue weighted by Gasteiger charge is -1.97. The molecule has 0 amide bonds. The molecule has 1 aromatic carbocycles. The molecule has 0 bridgehead atoms. The summed E-state index contributed by atoms with van der Waals surface area (Å²) >= 11 is 1.72. The van der Waals surface area contributed by atoms with Gasteiger partial charge in [0.25, 0.3) is 6.01 Å². The van der Waals surface area contributed by atoms with Crippen LogP contribution in [0, 0.1) is 0 Å². The van der Waals surface area contributed by atoms with Gasteiger partial charge in [-0.15, -0.1) is 11.8 Å². The molecular formula is C12H11N3OS. The highest BCUT2D eigenvalue weighted by Gasteiger charge is 2.10. The lowest BCUT2D eigenvalue weighted by atomic mass is 10.1. The third-order valence-electron chi connectivity index (χ3n) is 2.69. The second-order valence-electron chi connectivity index (χ2n) is 3.68. The van der Waals surface area contributed by atoms with Gasteiger partial charge < -0.3 is 15.1 Å². The number of oxazole rings is 1. The van der Waals surface area contributed by atoms with Crippen molar-refractivity contribution < 1.29 is 4.42 Å². The van der Waals surface area contributed by atoms with Gasteiger partial charge in [0, 0.05) is 27.6 Å².